The van der Waals surface area contributed by atoms with Crippen LogP contribution in [0.1, 0.15) is 18.0 Å². The monoisotopic (exact) mass is 248 g/mol. The van der Waals surface area contributed by atoms with Gasteiger partial charge in [0.2, 0.25) is 5.88 Å². The van der Waals surface area contributed by atoms with Gasteiger partial charge in [-0.1, -0.05) is 0 Å². The molecule has 18 heavy (non-hydrogen) atoms. The zero-order valence-corrected chi connectivity index (χ0v) is 10.3. The van der Waals surface area contributed by atoms with E-state index in [-0.39, 0.29) is 6.04 Å². The van der Waals surface area contributed by atoms with Crippen molar-refractivity contribution in [2.75, 3.05) is 26.9 Å². The van der Waals surface area contributed by atoms with Crippen molar-refractivity contribution in [3.8, 4) is 5.88 Å². The van der Waals surface area contributed by atoms with Crippen molar-refractivity contribution in [3.05, 3.63) is 18.0 Å². The maximum absolute atomic E-state index is 5.58. The highest BCUT2D eigenvalue weighted by Crippen LogP contribution is 2.24. The standard InChI is InChI=1S/C12H16N4O2/c1-17-10-6-15-12-11(16-10)8(5-14-12)9-7-18-4-2-3-13-9/h5-6,9,13H,2-4,7H2,1H3,(H,14,15). The van der Waals surface area contributed by atoms with Crippen molar-refractivity contribution in [1.29, 1.82) is 0 Å². The van der Waals surface area contributed by atoms with E-state index in [9.17, 15) is 0 Å². The third-order valence-corrected chi connectivity index (χ3v) is 3.11. The van der Waals surface area contributed by atoms with Gasteiger partial charge in [-0.15, -0.1) is 0 Å². The van der Waals surface area contributed by atoms with Crippen LogP contribution >= 0.6 is 0 Å². The van der Waals surface area contributed by atoms with Gasteiger partial charge in [0.15, 0.2) is 5.65 Å². The molecule has 1 saturated heterocycles. The number of hydrogen-bond donors (Lipinski definition) is 2. The molecule has 0 aromatic carbocycles. The maximum Gasteiger partial charge on any atom is 0.232 e. The van der Waals surface area contributed by atoms with Gasteiger partial charge < -0.3 is 19.8 Å². The summed E-state index contributed by atoms with van der Waals surface area (Å²) in [6.07, 6.45) is 4.59. The molecule has 6 nitrogen and oxygen atoms in total. The van der Waals surface area contributed by atoms with Crippen LogP contribution < -0.4 is 10.1 Å². The summed E-state index contributed by atoms with van der Waals surface area (Å²) in [7, 11) is 1.59. The predicted octanol–water partition coefficient (Wildman–Crippen LogP) is 1.02. The van der Waals surface area contributed by atoms with Crippen LogP contribution in [-0.2, 0) is 4.74 Å². The lowest BCUT2D eigenvalue weighted by Gasteiger charge is -2.13. The molecule has 0 spiro atoms. The van der Waals surface area contributed by atoms with E-state index in [0.717, 1.165) is 36.3 Å². The largest absolute Gasteiger partial charge is 0.480 e. The fourth-order valence-electron chi connectivity index (χ4n) is 2.17. The molecule has 6 heteroatoms. The molecule has 0 radical (unpaired) electrons. The number of aromatic amines is 1. The predicted molar refractivity (Wildman–Crippen MR) is 66.6 cm³/mol. The first-order chi connectivity index (χ1) is 8.88. The van der Waals surface area contributed by atoms with Crippen LogP contribution in [0.25, 0.3) is 11.2 Å². The first kappa shape index (κ1) is 11.4. The fourth-order valence-corrected chi connectivity index (χ4v) is 2.17. The summed E-state index contributed by atoms with van der Waals surface area (Å²) >= 11 is 0. The number of hydrogen-bond acceptors (Lipinski definition) is 5. The molecular formula is C12H16N4O2. The lowest BCUT2D eigenvalue weighted by molar-refractivity contribution is 0.132. The molecule has 0 saturated carbocycles. The Bertz CT molecular complexity index is 532. The lowest BCUT2D eigenvalue weighted by atomic mass is 10.1. The normalized spacial score (nSPS) is 20.8. The number of methoxy groups -OCH3 is 1. The molecule has 0 aliphatic carbocycles. The minimum atomic E-state index is 0.155. The van der Waals surface area contributed by atoms with Crippen LogP contribution in [0.3, 0.4) is 0 Å². The summed E-state index contributed by atoms with van der Waals surface area (Å²) in [5, 5.41) is 3.46. The molecule has 2 N–H and O–H groups in total. The summed E-state index contributed by atoms with van der Waals surface area (Å²) < 4.78 is 10.7. The van der Waals surface area contributed by atoms with Gasteiger partial charge in [0.05, 0.1) is 26.0 Å². The number of fused-ring (bicyclic) bond motifs is 1. The second kappa shape index (κ2) is 4.91. The number of aromatic nitrogens is 3. The number of ether oxygens (including phenoxy) is 2. The average Bonchev–Trinajstić information content (AvgIpc) is 2.64. The van der Waals surface area contributed by atoms with Crippen molar-refractivity contribution >= 4 is 11.2 Å². The topological polar surface area (TPSA) is 72.1 Å². The van der Waals surface area contributed by atoms with Crippen LogP contribution in [0.4, 0.5) is 0 Å². The summed E-state index contributed by atoms with van der Waals surface area (Å²) in [6, 6.07) is 0.155. The Morgan fingerprint density at radius 1 is 1.50 bits per heavy atom. The van der Waals surface area contributed by atoms with Crippen LogP contribution in [0, 0.1) is 0 Å². The van der Waals surface area contributed by atoms with Gasteiger partial charge >= 0.3 is 0 Å². The molecule has 2 aromatic rings. The van der Waals surface area contributed by atoms with Crippen molar-refractivity contribution in [2.24, 2.45) is 0 Å². The van der Waals surface area contributed by atoms with Gasteiger partial charge in [-0.05, 0) is 13.0 Å². The molecule has 0 amide bonds. The maximum atomic E-state index is 5.58. The number of H-pyrrole nitrogens is 1. The second-order valence-electron chi connectivity index (χ2n) is 4.29. The first-order valence-electron chi connectivity index (χ1n) is 6.07. The molecule has 1 unspecified atom stereocenters. The van der Waals surface area contributed by atoms with E-state index in [2.05, 4.69) is 20.3 Å². The highest BCUT2D eigenvalue weighted by atomic mass is 16.5. The van der Waals surface area contributed by atoms with E-state index in [1.807, 2.05) is 6.20 Å². The molecular weight excluding hydrogens is 232 g/mol. The second-order valence-corrected chi connectivity index (χ2v) is 4.29. The molecule has 2 aromatic heterocycles. The first-order valence-corrected chi connectivity index (χ1v) is 6.07. The molecule has 0 bridgehead atoms. The van der Waals surface area contributed by atoms with Crippen molar-refractivity contribution in [2.45, 2.75) is 12.5 Å². The summed E-state index contributed by atoms with van der Waals surface area (Å²) in [4.78, 5) is 11.9. The number of nitrogens with zero attached hydrogens (tertiary/aromatic N) is 2. The van der Waals surface area contributed by atoms with Gasteiger partial charge in [0, 0.05) is 18.4 Å². The Morgan fingerprint density at radius 2 is 2.44 bits per heavy atom. The van der Waals surface area contributed by atoms with E-state index in [1.54, 1.807) is 13.3 Å². The van der Waals surface area contributed by atoms with Gasteiger partial charge in [-0.3, -0.25) is 0 Å². The smallest absolute Gasteiger partial charge is 0.232 e. The van der Waals surface area contributed by atoms with E-state index in [0.29, 0.717) is 12.5 Å². The minimum absolute atomic E-state index is 0.155. The van der Waals surface area contributed by atoms with Crippen LogP contribution in [0.15, 0.2) is 12.4 Å². The Kier molecular flexibility index (Phi) is 3.12. The Labute approximate surface area is 105 Å². The van der Waals surface area contributed by atoms with Gasteiger partial charge in [0.1, 0.15) is 5.52 Å². The van der Waals surface area contributed by atoms with Gasteiger partial charge in [-0.25, -0.2) is 9.97 Å². The minimum Gasteiger partial charge on any atom is -0.480 e. The fraction of sp³-hybridized carbons (Fsp3) is 0.500. The summed E-state index contributed by atoms with van der Waals surface area (Å²) in [6.45, 7) is 2.42. The molecule has 1 fully saturated rings. The van der Waals surface area contributed by atoms with E-state index in [1.165, 1.54) is 0 Å². The Hall–Kier alpha value is -1.66. The average molecular weight is 248 g/mol. The molecule has 3 heterocycles. The van der Waals surface area contributed by atoms with E-state index < -0.39 is 0 Å². The summed E-state index contributed by atoms with van der Waals surface area (Å²) in [5.41, 5.74) is 2.70. The Morgan fingerprint density at radius 3 is 3.33 bits per heavy atom. The lowest BCUT2D eigenvalue weighted by Crippen LogP contribution is -2.23. The van der Waals surface area contributed by atoms with Gasteiger partial charge in [0.25, 0.3) is 0 Å². The summed E-state index contributed by atoms with van der Waals surface area (Å²) in [5.74, 6) is 0.526. The molecule has 1 aliphatic heterocycles. The number of nitrogens with one attached hydrogen (secondary N) is 2. The van der Waals surface area contributed by atoms with Crippen LogP contribution in [0.5, 0.6) is 5.88 Å². The zero-order chi connectivity index (χ0) is 12.4. The van der Waals surface area contributed by atoms with E-state index in [4.69, 9.17) is 9.47 Å². The quantitative estimate of drug-likeness (QED) is 0.830. The highest BCUT2D eigenvalue weighted by Gasteiger charge is 2.19. The SMILES string of the molecule is COc1cnc2[nH]cc(C3COCCCN3)c2n1. The molecule has 3 rings (SSSR count). The third kappa shape index (κ3) is 2.04. The van der Waals surface area contributed by atoms with Gasteiger partial charge in [-0.2, -0.15) is 0 Å². The Balaban J connectivity index is 1.99. The van der Waals surface area contributed by atoms with Crippen molar-refractivity contribution in [3.63, 3.8) is 0 Å². The zero-order valence-electron chi connectivity index (χ0n) is 10.3. The van der Waals surface area contributed by atoms with Crippen molar-refractivity contribution in [1.82, 2.24) is 20.3 Å². The highest BCUT2D eigenvalue weighted by molar-refractivity contribution is 5.76. The van der Waals surface area contributed by atoms with Crippen molar-refractivity contribution < 1.29 is 9.47 Å². The van der Waals surface area contributed by atoms with Crippen LogP contribution in [-0.4, -0.2) is 41.8 Å². The molecule has 1 atom stereocenters. The van der Waals surface area contributed by atoms with E-state index >= 15 is 0 Å². The number of rotatable bonds is 2. The van der Waals surface area contributed by atoms with Crippen LogP contribution in [0.2, 0.25) is 0 Å². The third-order valence-electron chi connectivity index (χ3n) is 3.11. The molecule has 1 aliphatic rings. The molecule has 96 valence electrons.